The lowest BCUT2D eigenvalue weighted by atomic mass is 10.1. The summed E-state index contributed by atoms with van der Waals surface area (Å²) in [4.78, 5) is 1.40. The van der Waals surface area contributed by atoms with Crippen molar-refractivity contribution in [3.63, 3.8) is 0 Å². The van der Waals surface area contributed by atoms with Gasteiger partial charge in [0.1, 0.15) is 0 Å². The quantitative estimate of drug-likeness (QED) is 0.279. The first-order valence-electron chi connectivity index (χ1n) is 9.68. The Morgan fingerprint density at radius 2 is 1.12 bits per heavy atom. The van der Waals surface area contributed by atoms with E-state index in [9.17, 15) is 0 Å². The van der Waals surface area contributed by atoms with Gasteiger partial charge in [-0.3, -0.25) is 0 Å². The summed E-state index contributed by atoms with van der Waals surface area (Å²) >= 11 is 2.00. The van der Waals surface area contributed by atoms with Gasteiger partial charge in [-0.25, -0.2) is 0 Å². The number of unbranched alkanes of at least 4 members (excludes halogenated alkanes) is 8. The minimum Gasteiger partial charge on any atom is -0.126 e. The van der Waals surface area contributed by atoms with Gasteiger partial charge in [-0.1, -0.05) is 101 Å². The number of rotatable bonds is 12. The number of benzene rings is 2. The molecular weight excluding hydrogens is 308 g/mol. The molecule has 0 aliphatic carbocycles. The molecule has 0 spiro atoms. The Morgan fingerprint density at radius 3 is 1.75 bits per heavy atom. The van der Waals surface area contributed by atoms with Crippen molar-refractivity contribution >= 4 is 11.8 Å². The third-order valence-corrected chi connectivity index (χ3v) is 5.58. The fraction of sp³-hybridized carbons (Fsp3) is 0.478. The van der Waals surface area contributed by atoms with Crippen LogP contribution in [0.5, 0.6) is 0 Å². The van der Waals surface area contributed by atoms with Crippen LogP contribution in [0.2, 0.25) is 0 Å². The highest BCUT2D eigenvalue weighted by Crippen LogP contribution is 2.25. The van der Waals surface area contributed by atoms with E-state index in [2.05, 4.69) is 61.5 Å². The Morgan fingerprint density at radius 1 is 0.583 bits per heavy atom. The molecule has 24 heavy (non-hydrogen) atoms. The fourth-order valence-electron chi connectivity index (χ4n) is 2.98. The van der Waals surface area contributed by atoms with E-state index in [4.69, 9.17) is 0 Å². The highest BCUT2D eigenvalue weighted by molar-refractivity contribution is 7.99. The molecule has 0 N–H and O–H groups in total. The molecular formula is C23H32S. The van der Waals surface area contributed by atoms with Crippen molar-refractivity contribution in [2.45, 2.75) is 69.6 Å². The minimum absolute atomic E-state index is 1.25. The van der Waals surface area contributed by atoms with E-state index in [0.717, 1.165) is 0 Å². The lowest BCUT2D eigenvalue weighted by molar-refractivity contribution is 0.573. The van der Waals surface area contributed by atoms with Gasteiger partial charge in [-0.15, -0.1) is 11.8 Å². The van der Waals surface area contributed by atoms with Crippen molar-refractivity contribution in [2.75, 3.05) is 5.75 Å². The molecule has 0 nitrogen and oxygen atoms in total. The first-order chi connectivity index (χ1) is 11.9. The van der Waals surface area contributed by atoms with Crippen molar-refractivity contribution < 1.29 is 0 Å². The third-order valence-electron chi connectivity index (χ3n) is 4.48. The predicted octanol–water partition coefficient (Wildman–Crippen LogP) is 7.98. The number of hydrogen-bond acceptors (Lipinski definition) is 1. The van der Waals surface area contributed by atoms with Crippen LogP contribution in [-0.4, -0.2) is 5.75 Å². The van der Waals surface area contributed by atoms with E-state index in [0.29, 0.717) is 0 Å². The van der Waals surface area contributed by atoms with Crippen molar-refractivity contribution in [1.82, 2.24) is 0 Å². The first kappa shape index (κ1) is 19.1. The SMILES string of the molecule is CCCCCCCCCCCSc1ccc(-c2ccccc2)cc1. The topological polar surface area (TPSA) is 0 Å². The molecule has 0 aromatic heterocycles. The molecule has 130 valence electrons. The molecule has 0 saturated heterocycles. The molecule has 0 radical (unpaired) electrons. The van der Waals surface area contributed by atoms with Crippen LogP contribution in [0.15, 0.2) is 59.5 Å². The van der Waals surface area contributed by atoms with Gasteiger partial charge in [0.15, 0.2) is 0 Å². The van der Waals surface area contributed by atoms with Gasteiger partial charge in [0.05, 0.1) is 0 Å². The van der Waals surface area contributed by atoms with Crippen molar-refractivity contribution in [3.05, 3.63) is 54.6 Å². The van der Waals surface area contributed by atoms with Crippen molar-refractivity contribution in [3.8, 4) is 11.1 Å². The minimum atomic E-state index is 1.25. The lowest BCUT2D eigenvalue weighted by Gasteiger charge is -2.05. The molecule has 0 fully saturated rings. The molecule has 2 aromatic rings. The second-order valence-electron chi connectivity index (χ2n) is 6.57. The summed E-state index contributed by atoms with van der Waals surface area (Å²) in [6.45, 7) is 2.28. The monoisotopic (exact) mass is 340 g/mol. The van der Waals surface area contributed by atoms with E-state index in [1.54, 1.807) is 0 Å². The molecule has 2 aromatic carbocycles. The second-order valence-corrected chi connectivity index (χ2v) is 7.74. The van der Waals surface area contributed by atoms with E-state index in [1.165, 1.54) is 79.6 Å². The Bertz CT molecular complexity index is 530. The molecule has 0 aliphatic heterocycles. The highest BCUT2D eigenvalue weighted by Gasteiger charge is 1.98. The molecule has 0 unspecified atom stereocenters. The molecule has 1 heteroatoms. The Hall–Kier alpha value is -1.21. The van der Waals surface area contributed by atoms with Gasteiger partial charge in [0.25, 0.3) is 0 Å². The average molecular weight is 341 g/mol. The van der Waals surface area contributed by atoms with Crippen LogP contribution in [0.1, 0.15) is 64.7 Å². The summed E-state index contributed by atoms with van der Waals surface area (Å²) in [7, 11) is 0. The van der Waals surface area contributed by atoms with Gasteiger partial charge < -0.3 is 0 Å². The normalized spacial score (nSPS) is 10.9. The molecule has 0 amide bonds. The van der Waals surface area contributed by atoms with E-state index in [-0.39, 0.29) is 0 Å². The van der Waals surface area contributed by atoms with Gasteiger partial charge in [0.2, 0.25) is 0 Å². The van der Waals surface area contributed by atoms with Crippen LogP contribution < -0.4 is 0 Å². The Balaban J connectivity index is 1.55. The molecule has 2 rings (SSSR count). The molecule has 0 aliphatic rings. The summed E-state index contributed by atoms with van der Waals surface area (Å²) in [5.41, 5.74) is 2.61. The maximum Gasteiger partial charge on any atom is 0.00723 e. The van der Waals surface area contributed by atoms with Gasteiger partial charge >= 0.3 is 0 Å². The van der Waals surface area contributed by atoms with Crippen LogP contribution in [0, 0.1) is 0 Å². The van der Waals surface area contributed by atoms with Gasteiger partial charge in [0, 0.05) is 4.90 Å². The van der Waals surface area contributed by atoms with E-state index in [1.807, 2.05) is 11.8 Å². The molecule has 0 atom stereocenters. The zero-order valence-corrected chi connectivity index (χ0v) is 16.0. The van der Waals surface area contributed by atoms with Gasteiger partial charge in [-0.05, 0) is 35.4 Å². The van der Waals surface area contributed by atoms with Crippen LogP contribution in [-0.2, 0) is 0 Å². The van der Waals surface area contributed by atoms with Crippen LogP contribution >= 0.6 is 11.8 Å². The van der Waals surface area contributed by atoms with Crippen LogP contribution in [0.3, 0.4) is 0 Å². The maximum atomic E-state index is 2.28. The summed E-state index contributed by atoms with van der Waals surface area (Å²) in [5.74, 6) is 1.25. The summed E-state index contributed by atoms with van der Waals surface area (Å²) < 4.78 is 0. The zero-order chi connectivity index (χ0) is 16.9. The first-order valence-corrected chi connectivity index (χ1v) is 10.7. The molecule has 0 heterocycles. The second kappa shape index (κ2) is 12.2. The average Bonchev–Trinajstić information content (AvgIpc) is 2.64. The molecule has 0 saturated carbocycles. The van der Waals surface area contributed by atoms with Crippen LogP contribution in [0.25, 0.3) is 11.1 Å². The number of hydrogen-bond donors (Lipinski definition) is 0. The maximum absolute atomic E-state index is 2.28. The zero-order valence-electron chi connectivity index (χ0n) is 15.2. The van der Waals surface area contributed by atoms with E-state index >= 15 is 0 Å². The van der Waals surface area contributed by atoms with E-state index < -0.39 is 0 Å². The Kier molecular flexibility index (Phi) is 9.72. The summed E-state index contributed by atoms with van der Waals surface area (Å²) in [6.07, 6.45) is 12.7. The third kappa shape index (κ3) is 7.57. The fourth-order valence-corrected chi connectivity index (χ4v) is 3.89. The van der Waals surface area contributed by atoms with Crippen molar-refractivity contribution in [2.24, 2.45) is 0 Å². The Labute approximate surface area is 153 Å². The van der Waals surface area contributed by atoms with Gasteiger partial charge in [-0.2, -0.15) is 0 Å². The summed E-state index contributed by atoms with van der Waals surface area (Å²) in [6, 6.07) is 19.6. The number of thioether (sulfide) groups is 1. The highest BCUT2D eigenvalue weighted by atomic mass is 32.2. The van der Waals surface area contributed by atoms with Crippen LogP contribution in [0.4, 0.5) is 0 Å². The largest absolute Gasteiger partial charge is 0.126 e. The summed E-state index contributed by atoms with van der Waals surface area (Å²) in [5, 5.41) is 0. The smallest absolute Gasteiger partial charge is 0.00723 e. The lowest BCUT2D eigenvalue weighted by Crippen LogP contribution is -1.84. The van der Waals surface area contributed by atoms with Crippen molar-refractivity contribution in [1.29, 1.82) is 0 Å². The predicted molar refractivity (Wildman–Crippen MR) is 110 cm³/mol. The standard InChI is InChI=1S/C23H32S/c1-2-3-4-5-6-7-8-9-13-20-24-23-18-16-22(17-19-23)21-14-11-10-12-15-21/h10-12,14-19H,2-9,13,20H2,1H3. The molecule has 0 bridgehead atoms.